The molecule has 0 aliphatic carbocycles. The molecule has 0 saturated carbocycles. The van der Waals surface area contributed by atoms with Crippen molar-refractivity contribution in [1.29, 1.82) is 0 Å². The Bertz CT molecular complexity index is 500. The predicted molar refractivity (Wildman–Crippen MR) is 107 cm³/mol. The van der Waals surface area contributed by atoms with E-state index in [0.29, 0.717) is 19.1 Å². The second-order valence-electron chi connectivity index (χ2n) is 6.97. The maximum absolute atomic E-state index is 5.64. The number of nitrogens with one attached hydrogen (secondary N) is 2. The molecule has 0 aromatic heterocycles. The number of aliphatic imine (C=N–C) groups is 1. The van der Waals surface area contributed by atoms with Crippen molar-refractivity contribution in [3.63, 3.8) is 0 Å². The molecule has 0 saturated heterocycles. The van der Waals surface area contributed by atoms with E-state index in [2.05, 4.69) is 79.7 Å². The van der Waals surface area contributed by atoms with Crippen LogP contribution in [-0.2, 0) is 17.8 Å². The summed E-state index contributed by atoms with van der Waals surface area (Å²) in [6.45, 7) is 11.3. The highest BCUT2D eigenvalue weighted by Crippen LogP contribution is 2.08. The number of hydrogen-bond acceptors (Lipinski definition) is 3. The van der Waals surface area contributed by atoms with Crippen LogP contribution in [0.4, 0.5) is 0 Å². The largest absolute Gasteiger partial charge is 0.380 e. The van der Waals surface area contributed by atoms with Crippen molar-refractivity contribution >= 4 is 5.96 Å². The molecule has 0 amide bonds. The van der Waals surface area contributed by atoms with Crippen molar-refractivity contribution in [3.8, 4) is 0 Å². The third kappa shape index (κ3) is 10.8. The van der Waals surface area contributed by atoms with Crippen LogP contribution in [0.25, 0.3) is 0 Å². The molecule has 0 spiro atoms. The standard InChI is InChI=1S/C20H36N4O/c1-6-21-20(22-11-13-25-12-10-17(2)3)23-15-18-8-7-9-19(14-18)16-24(4)5/h7-9,14,17H,6,10-13,15-16H2,1-5H3,(H2,21,22,23). The highest BCUT2D eigenvalue weighted by Gasteiger charge is 2.00. The van der Waals surface area contributed by atoms with E-state index in [4.69, 9.17) is 4.74 Å². The molecule has 0 radical (unpaired) electrons. The molecule has 5 heteroatoms. The van der Waals surface area contributed by atoms with Gasteiger partial charge in [0.05, 0.1) is 13.2 Å². The van der Waals surface area contributed by atoms with Gasteiger partial charge in [-0.1, -0.05) is 38.1 Å². The smallest absolute Gasteiger partial charge is 0.191 e. The van der Waals surface area contributed by atoms with Crippen LogP contribution >= 0.6 is 0 Å². The molecule has 1 aromatic rings. The minimum atomic E-state index is 0.671. The highest BCUT2D eigenvalue weighted by atomic mass is 16.5. The number of rotatable bonds is 11. The zero-order valence-electron chi connectivity index (χ0n) is 16.6. The van der Waals surface area contributed by atoms with Gasteiger partial charge in [-0.3, -0.25) is 0 Å². The summed E-state index contributed by atoms with van der Waals surface area (Å²) in [6, 6.07) is 8.61. The van der Waals surface area contributed by atoms with Crippen LogP contribution in [0.15, 0.2) is 29.3 Å². The van der Waals surface area contributed by atoms with Crippen LogP contribution in [0.3, 0.4) is 0 Å². The van der Waals surface area contributed by atoms with Gasteiger partial charge in [-0.05, 0) is 44.5 Å². The molecule has 0 bridgehead atoms. The molecule has 0 unspecified atom stereocenters. The topological polar surface area (TPSA) is 48.9 Å². The summed E-state index contributed by atoms with van der Waals surface area (Å²) >= 11 is 0. The van der Waals surface area contributed by atoms with E-state index in [-0.39, 0.29) is 0 Å². The van der Waals surface area contributed by atoms with E-state index in [1.54, 1.807) is 0 Å². The van der Waals surface area contributed by atoms with E-state index < -0.39 is 0 Å². The van der Waals surface area contributed by atoms with Crippen molar-refractivity contribution in [2.45, 2.75) is 40.3 Å². The van der Waals surface area contributed by atoms with Gasteiger partial charge in [-0.2, -0.15) is 0 Å². The van der Waals surface area contributed by atoms with Crippen LogP contribution in [0.2, 0.25) is 0 Å². The lowest BCUT2D eigenvalue weighted by Gasteiger charge is -2.13. The lowest BCUT2D eigenvalue weighted by Crippen LogP contribution is -2.39. The maximum Gasteiger partial charge on any atom is 0.191 e. The molecule has 0 aliphatic rings. The van der Waals surface area contributed by atoms with Crippen molar-refractivity contribution in [1.82, 2.24) is 15.5 Å². The van der Waals surface area contributed by atoms with Crippen molar-refractivity contribution < 1.29 is 4.74 Å². The zero-order valence-corrected chi connectivity index (χ0v) is 16.6. The van der Waals surface area contributed by atoms with Crippen LogP contribution in [-0.4, -0.2) is 51.3 Å². The first-order valence-electron chi connectivity index (χ1n) is 9.33. The number of hydrogen-bond donors (Lipinski definition) is 2. The normalized spacial score (nSPS) is 12.0. The third-order valence-corrected chi connectivity index (χ3v) is 3.63. The Kier molecular flexibility index (Phi) is 10.9. The predicted octanol–water partition coefficient (Wildman–Crippen LogP) is 2.87. The van der Waals surface area contributed by atoms with Gasteiger partial charge in [0.1, 0.15) is 0 Å². The van der Waals surface area contributed by atoms with Gasteiger partial charge in [-0.15, -0.1) is 0 Å². The Morgan fingerprint density at radius 1 is 1.16 bits per heavy atom. The van der Waals surface area contributed by atoms with E-state index in [9.17, 15) is 0 Å². The summed E-state index contributed by atoms with van der Waals surface area (Å²) in [6.07, 6.45) is 1.11. The Hall–Kier alpha value is -1.59. The highest BCUT2D eigenvalue weighted by molar-refractivity contribution is 5.79. The van der Waals surface area contributed by atoms with Gasteiger partial charge in [0, 0.05) is 26.2 Å². The Labute approximate surface area is 153 Å². The minimum absolute atomic E-state index is 0.671. The summed E-state index contributed by atoms with van der Waals surface area (Å²) in [4.78, 5) is 6.85. The fourth-order valence-corrected chi connectivity index (χ4v) is 2.37. The first-order valence-corrected chi connectivity index (χ1v) is 9.33. The van der Waals surface area contributed by atoms with Crippen molar-refractivity contribution in [2.75, 3.05) is 40.4 Å². The van der Waals surface area contributed by atoms with Gasteiger partial charge in [0.2, 0.25) is 0 Å². The SMILES string of the molecule is CCNC(=NCc1cccc(CN(C)C)c1)NCCOCCC(C)C. The van der Waals surface area contributed by atoms with Crippen molar-refractivity contribution in [2.24, 2.45) is 10.9 Å². The molecule has 5 nitrogen and oxygen atoms in total. The van der Waals surface area contributed by atoms with Crippen LogP contribution in [0.1, 0.15) is 38.3 Å². The lowest BCUT2D eigenvalue weighted by atomic mass is 10.1. The monoisotopic (exact) mass is 348 g/mol. The first-order chi connectivity index (χ1) is 12.0. The molecule has 1 aromatic carbocycles. The summed E-state index contributed by atoms with van der Waals surface area (Å²) < 4.78 is 5.64. The summed E-state index contributed by atoms with van der Waals surface area (Å²) in [7, 11) is 4.17. The molecule has 0 aliphatic heterocycles. The molecular formula is C20H36N4O. The number of benzene rings is 1. The van der Waals surface area contributed by atoms with E-state index in [1.807, 2.05) is 0 Å². The lowest BCUT2D eigenvalue weighted by molar-refractivity contribution is 0.128. The molecule has 0 atom stereocenters. The Morgan fingerprint density at radius 3 is 2.60 bits per heavy atom. The second kappa shape index (κ2) is 12.7. The van der Waals surface area contributed by atoms with Crippen LogP contribution < -0.4 is 10.6 Å². The number of guanidine groups is 1. The fourth-order valence-electron chi connectivity index (χ4n) is 2.37. The van der Waals surface area contributed by atoms with E-state index in [0.717, 1.165) is 38.6 Å². The van der Waals surface area contributed by atoms with Gasteiger partial charge in [0.15, 0.2) is 5.96 Å². The summed E-state index contributed by atoms with van der Waals surface area (Å²) in [5.74, 6) is 1.53. The fraction of sp³-hybridized carbons (Fsp3) is 0.650. The molecule has 1 rings (SSSR count). The number of ether oxygens (including phenoxy) is 1. The number of nitrogens with zero attached hydrogens (tertiary/aromatic N) is 2. The summed E-state index contributed by atoms with van der Waals surface area (Å²) in [5.41, 5.74) is 2.54. The second-order valence-corrected chi connectivity index (χ2v) is 6.97. The van der Waals surface area contributed by atoms with Gasteiger partial charge in [-0.25, -0.2) is 4.99 Å². The van der Waals surface area contributed by atoms with Gasteiger partial charge < -0.3 is 20.3 Å². The van der Waals surface area contributed by atoms with Gasteiger partial charge >= 0.3 is 0 Å². The Balaban J connectivity index is 2.44. The average molecular weight is 349 g/mol. The molecule has 0 fully saturated rings. The van der Waals surface area contributed by atoms with Crippen molar-refractivity contribution in [3.05, 3.63) is 35.4 Å². The molecule has 0 heterocycles. The van der Waals surface area contributed by atoms with E-state index >= 15 is 0 Å². The molecular weight excluding hydrogens is 312 g/mol. The third-order valence-electron chi connectivity index (χ3n) is 3.63. The van der Waals surface area contributed by atoms with Crippen LogP contribution in [0.5, 0.6) is 0 Å². The minimum Gasteiger partial charge on any atom is -0.380 e. The zero-order chi connectivity index (χ0) is 18.5. The quantitative estimate of drug-likeness (QED) is 0.367. The first kappa shape index (κ1) is 21.5. The molecule has 142 valence electrons. The summed E-state index contributed by atoms with van der Waals surface area (Å²) in [5, 5.41) is 6.62. The average Bonchev–Trinajstić information content (AvgIpc) is 2.55. The van der Waals surface area contributed by atoms with Gasteiger partial charge in [0.25, 0.3) is 0 Å². The molecule has 2 N–H and O–H groups in total. The van der Waals surface area contributed by atoms with E-state index in [1.165, 1.54) is 11.1 Å². The van der Waals surface area contributed by atoms with Crippen LogP contribution in [0, 0.1) is 5.92 Å². The molecule has 25 heavy (non-hydrogen) atoms. The Morgan fingerprint density at radius 2 is 1.92 bits per heavy atom. The maximum atomic E-state index is 5.64.